The average molecular weight is 190 g/mol. The van der Waals surface area contributed by atoms with E-state index in [1.807, 2.05) is 18.2 Å². The molecule has 1 aromatic carbocycles. The lowest BCUT2D eigenvalue weighted by Gasteiger charge is -2.32. The van der Waals surface area contributed by atoms with Crippen molar-refractivity contribution in [2.24, 2.45) is 0 Å². The second kappa shape index (κ2) is 3.21. The number of hydrogen-bond donors (Lipinski definition) is 0. The van der Waals surface area contributed by atoms with Gasteiger partial charge >= 0.3 is 0 Å². The first kappa shape index (κ1) is 9.41. The Kier molecular flexibility index (Phi) is 2.16. The maximum atomic E-state index is 10.6. The summed E-state index contributed by atoms with van der Waals surface area (Å²) in [5.41, 5.74) is 2.98. The third-order valence-corrected chi connectivity index (χ3v) is 2.75. The van der Waals surface area contributed by atoms with E-state index in [0.717, 1.165) is 24.9 Å². The van der Waals surface area contributed by atoms with Crippen LogP contribution in [0.5, 0.6) is 0 Å². The fourth-order valence-electron chi connectivity index (χ4n) is 1.98. The maximum Gasteiger partial charge on any atom is 0.150 e. The van der Waals surface area contributed by atoms with Gasteiger partial charge in [-0.1, -0.05) is 12.1 Å². The Bertz CT molecular complexity index is 367. The van der Waals surface area contributed by atoms with Gasteiger partial charge in [-0.25, -0.2) is 0 Å². The van der Waals surface area contributed by atoms with Crippen LogP contribution in [0.25, 0.3) is 0 Å². The lowest BCUT2D eigenvalue weighted by atomic mass is 9.88. The number of carbonyl (C=O) groups is 1. The van der Waals surface area contributed by atoms with Gasteiger partial charge in [0, 0.05) is 5.56 Å². The third kappa shape index (κ3) is 1.46. The molecule has 0 fully saturated rings. The summed E-state index contributed by atoms with van der Waals surface area (Å²) in [4.78, 5) is 10.6. The molecule has 0 bridgehead atoms. The molecule has 2 rings (SSSR count). The molecule has 2 nitrogen and oxygen atoms in total. The quantitative estimate of drug-likeness (QED) is 0.635. The number of rotatable bonds is 1. The van der Waals surface area contributed by atoms with Gasteiger partial charge in [-0.3, -0.25) is 4.79 Å². The molecule has 2 heteroatoms. The van der Waals surface area contributed by atoms with Crippen molar-refractivity contribution < 1.29 is 9.53 Å². The highest BCUT2D eigenvalue weighted by atomic mass is 16.5. The van der Waals surface area contributed by atoms with Gasteiger partial charge in [0.15, 0.2) is 0 Å². The van der Waals surface area contributed by atoms with E-state index in [2.05, 4.69) is 13.8 Å². The van der Waals surface area contributed by atoms with Gasteiger partial charge in [-0.2, -0.15) is 0 Å². The fraction of sp³-hybridized carbons (Fsp3) is 0.417. The summed E-state index contributed by atoms with van der Waals surface area (Å²) in [6, 6.07) is 5.81. The molecule has 0 amide bonds. The number of benzene rings is 1. The van der Waals surface area contributed by atoms with Crippen LogP contribution in [-0.4, -0.2) is 12.9 Å². The van der Waals surface area contributed by atoms with Crippen molar-refractivity contribution in [1.82, 2.24) is 0 Å². The topological polar surface area (TPSA) is 26.3 Å². The fourth-order valence-corrected chi connectivity index (χ4v) is 1.98. The minimum Gasteiger partial charge on any atom is -0.371 e. The number of fused-ring (bicyclic) bond motifs is 1. The lowest BCUT2D eigenvalue weighted by molar-refractivity contribution is -0.0315. The first-order chi connectivity index (χ1) is 6.63. The van der Waals surface area contributed by atoms with E-state index in [1.54, 1.807) is 0 Å². The molecule has 1 heterocycles. The molecule has 1 aliphatic rings. The van der Waals surface area contributed by atoms with Crippen molar-refractivity contribution in [2.75, 3.05) is 6.61 Å². The summed E-state index contributed by atoms with van der Waals surface area (Å²) in [7, 11) is 0. The van der Waals surface area contributed by atoms with Gasteiger partial charge < -0.3 is 4.74 Å². The Labute approximate surface area is 83.9 Å². The van der Waals surface area contributed by atoms with Crippen LogP contribution < -0.4 is 0 Å². The molecule has 74 valence electrons. The Morgan fingerprint density at radius 1 is 1.43 bits per heavy atom. The second-order valence-electron chi connectivity index (χ2n) is 4.14. The molecule has 0 radical (unpaired) electrons. The Balaban J connectivity index is 2.51. The van der Waals surface area contributed by atoms with Crippen LogP contribution in [0.1, 0.15) is 35.3 Å². The molecule has 0 N–H and O–H groups in total. The Hall–Kier alpha value is -1.15. The largest absolute Gasteiger partial charge is 0.371 e. The van der Waals surface area contributed by atoms with Crippen molar-refractivity contribution in [2.45, 2.75) is 25.9 Å². The molecule has 0 saturated heterocycles. The molecule has 0 aromatic heterocycles. The zero-order chi connectivity index (χ0) is 10.2. The molecule has 0 spiro atoms. The van der Waals surface area contributed by atoms with E-state index < -0.39 is 0 Å². The third-order valence-electron chi connectivity index (χ3n) is 2.75. The number of ether oxygens (including phenoxy) is 1. The van der Waals surface area contributed by atoms with Crippen LogP contribution in [0, 0.1) is 0 Å². The molecule has 1 aromatic rings. The highest BCUT2D eigenvalue weighted by molar-refractivity contribution is 5.75. The number of hydrogen-bond acceptors (Lipinski definition) is 2. The zero-order valence-corrected chi connectivity index (χ0v) is 8.54. The van der Waals surface area contributed by atoms with E-state index in [4.69, 9.17) is 4.74 Å². The average Bonchev–Trinajstić information content (AvgIpc) is 2.16. The molecule has 0 atom stereocenters. The van der Waals surface area contributed by atoms with Crippen molar-refractivity contribution in [3.63, 3.8) is 0 Å². The van der Waals surface area contributed by atoms with Gasteiger partial charge in [-0.05, 0) is 37.5 Å². The van der Waals surface area contributed by atoms with Crippen LogP contribution in [-0.2, 0) is 16.8 Å². The smallest absolute Gasteiger partial charge is 0.150 e. The van der Waals surface area contributed by atoms with E-state index >= 15 is 0 Å². The minimum absolute atomic E-state index is 0.213. The van der Waals surface area contributed by atoms with E-state index in [9.17, 15) is 4.79 Å². The summed E-state index contributed by atoms with van der Waals surface area (Å²) in [6.07, 6.45) is 1.79. The summed E-state index contributed by atoms with van der Waals surface area (Å²) >= 11 is 0. The molecular formula is C12H14O2. The van der Waals surface area contributed by atoms with Gasteiger partial charge in [0.05, 0.1) is 12.2 Å². The standard InChI is InChI=1S/C12H14O2/c1-12(2)11-4-3-9(8-13)7-10(11)5-6-14-12/h3-4,7-8H,5-6H2,1-2H3. The first-order valence-electron chi connectivity index (χ1n) is 4.86. The lowest BCUT2D eigenvalue weighted by Crippen LogP contribution is -2.29. The molecule has 1 aliphatic heterocycles. The molecule has 0 aliphatic carbocycles. The second-order valence-corrected chi connectivity index (χ2v) is 4.14. The zero-order valence-electron chi connectivity index (χ0n) is 8.54. The minimum atomic E-state index is -0.213. The normalized spacial score (nSPS) is 18.7. The Morgan fingerprint density at radius 2 is 2.21 bits per heavy atom. The van der Waals surface area contributed by atoms with E-state index in [1.165, 1.54) is 11.1 Å². The summed E-state index contributed by atoms with van der Waals surface area (Å²) in [5.74, 6) is 0. The predicted molar refractivity (Wildman–Crippen MR) is 54.5 cm³/mol. The van der Waals surface area contributed by atoms with Gasteiger partial charge in [0.2, 0.25) is 0 Å². The number of carbonyl (C=O) groups excluding carboxylic acids is 1. The predicted octanol–water partition coefficient (Wildman–Crippen LogP) is 2.31. The molecule has 0 saturated carbocycles. The van der Waals surface area contributed by atoms with Crippen LogP contribution in [0.4, 0.5) is 0 Å². The monoisotopic (exact) mass is 190 g/mol. The first-order valence-corrected chi connectivity index (χ1v) is 4.86. The summed E-state index contributed by atoms with van der Waals surface area (Å²) in [6.45, 7) is 4.86. The van der Waals surface area contributed by atoms with Gasteiger partial charge in [0.1, 0.15) is 6.29 Å². The van der Waals surface area contributed by atoms with Crippen molar-refractivity contribution in [3.05, 3.63) is 34.9 Å². The van der Waals surface area contributed by atoms with Crippen LogP contribution in [0.2, 0.25) is 0 Å². The molecular weight excluding hydrogens is 176 g/mol. The molecule has 14 heavy (non-hydrogen) atoms. The highest BCUT2D eigenvalue weighted by Gasteiger charge is 2.27. The Morgan fingerprint density at radius 3 is 2.93 bits per heavy atom. The van der Waals surface area contributed by atoms with Crippen molar-refractivity contribution in [1.29, 1.82) is 0 Å². The van der Waals surface area contributed by atoms with E-state index in [-0.39, 0.29) is 5.60 Å². The van der Waals surface area contributed by atoms with Gasteiger partial charge in [0.25, 0.3) is 0 Å². The van der Waals surface area contributed by atoms with Crippen LogP contribution in [0.3, 0.4) is 0 Å². The highest BCUT2D eigenvalue weighted by Crippen LogP contribution is 2.32. The van der Waals surface area contributed by atoms with Crippen LogP contribution >= 0.6 is 0 Å². The van der Waals surface area contributed by atoms with Gasteiger partial charge in [-0.15, -0.1) is 0 Å². The number of aldehydes is 1. The van der Waals surface area contributed by atoms with E-state index in [0.29, 0.717) is 0 Å². The van der Waals surface area contributed by atoms with Crippen molar-refractivity contribution in [3.8, 4) is 0 Å². The summed E-state index contributed by atoms with van der Waals surface area (Å²) < 4.78 is 5.68. The van der Waals surface area contributed by atoms with Crippen LogP contribution in [0.15, 0.2) is 18.2 Å². The maximum absolute atomic E-state index is 10.6. The van der Waals surface area contributed by atoms with Crippen molar-refractivity contribution >= 4 is 6.29 Å². The SMILES string of the molecule is CC1(C)OCCc2cc(C=O)ccc21. The summed E-state index contributed by atoms with van der Waals surface area (Å²) in [5, 5.41) is 0. The molecule has 0 unspecified atom stereocenters.